The number of aldehydes is 1. The molecular formula is C11H11ClOSe. The van der Waals surface area contributed by atoms with Crippen LogP contribution in [0, 0.1) is 0 Å². The molecule has 1 rings (SSSR count). The zero-order chi connectivity index (χ0) is 10.6. The van der Waals surface area contributed by atoms with Crippen LogP contribution >= 0.6 is 11.6 Å². The fourth-order valence-electron chi connectivity index (χ4n) is 0.874. The molecule has 0 aliphatic rings. The van der Waals surface area contributed by atoms with E-state index in [-0.39, 0.29) is 15.0 Å². The Kier molecular flexibility index (Phi) is 4.40. The molecule has 1 aromatic carbocycles. The summed E-state index contributed by atoms with van der Waals surface area (Å²) in [5.41, 5.74) is 1.09. The van der Waals surface area contributed by atoms with Gasteiger partial charge in [0.25, 0.3) is 0 Å². The zero-order valence-electron chi connectivity index (χ0n) is 8.08. The van der Waals surface area contributed by atoms with E-state index in [2.05, 4.69) is 0 Å². The molecule has 0 aromatic heterocycles. The molecule has 74 valence electrons. The van der Waals surface area contributed by atoms with Crippen molar-refractivity contribution in [2.75, 3.05) is 0 Å². The summed E-state index contributed by atoms with van der Waals surface area (Å²) in [4.78, 5) is 10.7. The van der Waals surface area contributed by atoms with Crippen molar-refractivity contribution in [3.8, 4) is 0 Å². The third-order valence-electron chi connectivity index (χ3n) is 1.64. The molecule has 0 amide bonds. The van der Waals surface area contributed by atoms with Gasteiger partial charge in [0, 0.05) is 0 Å². The molecule has 0 atom stereocenters. The fourth-order valence-corrected chi connectivity index (χ4v) is 2.63. The molecule has 14 heavy (non-hydrogen) atoms. The molecule has 0 aliphatic heterocycles. The van der Waals surface area contributed by atoms with Crippen molar-refractivity contribution < 1.29 is 4.79 Å². The van der Waals surface area contributed by atoms with Crippen molar-refractivity contribution in [2.24, 2.45) is 0 Å². The number of carbonyl (C=O) groups excluding carboxylic acids is 1. The van der Waals surface area contributed by atoms with E-state index in [9.17, 15) is 4.79 Å². The number of allylic oxidation sites excluding steroid dienone is 2. The first kappa shape index (κ1) is 11.5. The normalized spacial score (nSPS) is 9.64. The molecule has 1 nitrogen and oxygen atoms in total. The monoisotopic (exact) mass is 274 g/mol. The van der Waals surface area contributed by atoms with Gasteiger partial charge in [-0.2, -0.15) is 0 Å². The number of halogens is 1. The van der Waals surface area contributed by atoms with Crippen LogP contribution in [0.1, 0.15) is 13.8 Å². The summed E-state index contributed by atoms with van der Waals surface area (Å²) in [6, 6.07) is 7.64. The number of carbonyl (C=O) groups is 1. The zero-order valence-corrected chi connectivity index (χ0v) is 10.6. The van der Waals surface area contributed by atoms with Crippen molar-refractivity contribution in [1.82, 2.24) is 0 Å². The SMILES string of the molecule is CC(C)=C(C=O)[Se]c1ccc(Cl)cc1. The molecule has 0 N–H and O–H groups in total. The molecule has 1 aromatic rings. The average Bonchev–Trinajstić information content (AvgIpc) is 2.16. The van der Waals surface area contributed by atoms with E-state index in [4.69, 9.17) is 11.6 Å². The first-order valence-corrected chi connectivity index (χ1v) is 6.28. The molecule has 0 saturated carbocycles. The second-order valence-corrected chi connectivity index (χ2v) is 5.81. The predicted molar refractivity (Wildman–Crippen MR) is 61.3 cm³/mol. The summed E-state index contributed by atoms with van der Waals surface area (Å²) in [7, 11) is 0. The molecular weight excluding hydrogens is 263 g/mol. The first-order valence-electron chi connectivity index (χ1n) is 4.19. The van der Waals surface area contributed by atoms with Crippen LogP contribution in [0.3, 0.4) is 0 Å². The van der Waals surface area contributed by atoms with Gasteiger partial charge in [-0.25, -0.2) is 0 Å². The third kappa shape index (κ3) is 3.30. The Labute approximate surface area is 95.3 Å². The number of hydrogen-bond acceptors (Lipinski definition) is 1. The number of benzene rings is 1. The Morgan fingerprint density at radius 3 is 2.29 bits per heavy atom. The van der Waals surface area contributed by atoms with Gasteiger partial charge in [-0.3, -0.25) is 0 Å². The van der Waals surface area contributed by atoms with Gasteiger partial charge in [0.1, 0.15) is 0 Å². The molecule has 0 radical (unpaired) electrons. The van der Waals surface area contributed by atoms with Crippen LogP contribution in [-0.4, -0.2) is 21.2 Å². The minimum atomic E-state index is 0.102. The Morgan fingerprint density at radius 2 is 1.86 bits per heavy atom. The van der Waals surface area contributed by atoms with Gasteiger partial charge in [-0.05, 0) is 0 Å². The van der Waals surface area contributed by atoms with Crippen LogP contribution in [0.25, 0.3) is 0 Å². The van der Waals surface area contributed by atoms with Crippen LogP contribution < -0.4 is 4.46 Å². The number of hydrogen-bond donors (Lipinski definition) is 0. The number of rotatable bonds is 3. The van der Waals surface area contributed by atoms with Gasteiger partial charge < -0.3 is 0 Å². The van der Waals surface area contributed by atoms with E-state index >= 15 is 0 Å². The van der Waals surface area contributed by atoms with E-state index in [0.29, 0.717) is 0 Å². The predicted octanol–water partition coefficient (Wildman–Crippen LogP) is 2.16. The summed E-state index contributed by atoms with van der Waals surface area (Å²) in [5, 5.41) is 0.731. The van der Waals surface area contributed by atoms with Gasteiger partial charge in [0.05, 0.1) is 0 Å². The van der Waals surface area contributed by atoms with E-state index < -0.39 is 0 Å². The van der Waals surface area contributed by atoms with E-state index in [1.165, 1.54) is 4.46 Å². The van der Waals surface area contributed by atoms with Crippen molar-refractivity contribution in [2.45, 2.75) is 13.8 Å². The quantitative estimate of drug-likeness (QED) is 0.469. The van der Waals surface area contributed by atoms with Crippen LogP contribution in [0.5, 0.6) is 0 Å². The van der Waals surface area contributed by atoms with Crippen LogP contribution in [0.15, 0.2) is 34.3 Å². The van der Waals surface area contributed by atoms with Crippen LogP contribution in [0.4, 0.5) is 0 Å². The topological polar surface area (TPSA) is 17.1 Å². The van der Waals surface area contributed by atoms with Gasteiger partial charge >= 0.3 is 95.3 Å². The van der Waals surface area contributed by atoms with Gasteiger partial charge in [-0.1, -0.05) is 0 Å². The van der Waals surface area contributed by atoms with Crippen molar-refractivity contribution in [3.05, 3.63) is 39.3 Å². The Morgan fingerprint density at radius 1 is 1.29 bits per heavy atom. The summed E-state index contributed by atoms with van der Waals surface area (Å²) in [5.74, 6) is 0. The average molecular weight is 274 g/mol. The van der Waals surface area contributed by atoms with Gasteiger partial charge in [-0.15, -0.1) is 0 Å². The molecule has 0 saturated heterocycles. The molecule has 0 fully saturated rings. The molecule has 0 spiro atoms. The molecule has 0 heterocycles. The molecule has 0 bridgehead atoms. The second-order valence-electron chi connectivity index (χ2n) is 3.04. The van der Waals surface area contributed by atoms with Crippen LogP contribution in [0.2, 0.25) is 5.02 Å². The van der Waals surface area contributed by atoms with Gasteiger partial charge in [0.15, 0.2) is 0 Å². The Balaban J connectivity index is 2.83. The van der Waals surface area contributed by atoms with Crippen molar-refractivity contribution in [1.29, 1.82) is 0 Å². The van der Waals surface area contributed by atoms with E-state index in [0.717, 1.165) is 21.4 Å². The second kappa shape index (κ2) is 5.35. The Bertz CT molecular complexity index is 350. The summed E-state index contributed by atoms with van der Waals surface area (Å²) in [6.45, 7) is 3.92. The summed E-state index contributed by atoms with van der Waals surface area (Å²) < 4.78 is 2.07. The fraction of sp³-hybridized carbons (Fsp3) is 0.182. The minimum absolute atomic E-state index is 0.102. The van der Waals surface area contributed by atoms with E-state index in [1.54, 1.807) is 0 Å². The molecule has 3 heteroatoms. The summed E-state index contributed by atoms with van der Waals surface area (Å²) in [6.07, 6.45) is 0.948. The van der Waals surface area contributed by atoms with Crippen molar-refractivity contribution >= 4 is 37.3 Å². The third-order valence-corrected chi connectivity index (χ3v) is 4.48. The Hall–Kier alpha value is -0.561. The molecule has 0 unspecified atom stereocenters. The molecule has 0 aliphatic carbocycles. The first-order chi connectivity index (χ1) is 6.63. The van der Waals surface area contributed by atoms with Crippen molar-refractivity contribution in [3.63, 3.8) is 0 Å². The van der Waals surface area contributed by atoms with Gasteiger partial charge in [0.2, 0.25) is 0 Å². The maximum absolute atomic E-state index is 10.7. The van der Waals surface area contributed by atoms with E-state index in [1.807, 2.05) is 38.1 Å². The summed E-state index contributed by atoms with van der Waals surface area (Å²) >= 11 is 5.87. The maximum atomic E-state index is 10.7. The standard InChI is InChI=1S/C11H11ClOSe/c1-8(2)11(7-13)14-10-5-3-9(12)4-6-10/h3-7H,1-2H3. The van der Waals surface area contributed by atoms with Crippen LogP contribution in [-0.2, 0) is 4.79 Å².